The normalized spacial score (nSPS) is 19.5. The first-order chi connectivity index (χ1) is 21.7. The first-order valence-electron chi connectivity index (χ1n) is 15.1. The molecule has 2 aliphatic heterocycles. The molecule has 2 fully saturated rings. The number of aliphatic hydroxyl groups is 1. The Bertz CT molecular complexity index is 1690. The molecule has 238 valence electrons. The molecule has 0 aliphatic carbocycles. The van der Waals surface area contributed by atoms with E-state index in [0.29, 0.717) is 52.5 Å². The molecule has 1 amide bonds. The number of aliphatic hydroxyl groups excluding tert-OH is 1. The summed E-state index contributed by atoms with van der Waals surface area (Å²) in [6.07, 6.45) is 5.71. The number of amides is 1. The zero-order valence-electron chi connectivity index (χ0n) is 25.6. The molecule has 6 rings (SSSR count). The zero-order chi connectivity index (χ0) is 31.7. The summed E-state index contributed by atoms with van der Waals surface area (Å²) in [7, 11) is 1.59. The minimum atomic E-state index is -0.221. The minimum Gasteiger partial charge on any atom is -0.390 e. The highest BCUT2D eigenvalue weighted by atomic mass is 35.5. The molecule has 1 aromatic carbocycles. The largest absolute Gasteiger partial charge is 0.390 e. The number of piperidine rings is 1. The highest BCUT2D eigenvalue weighted by molar-refractivity contribution is 7.99. The maximum absolute atomic E-state index is 12.3. The third-order valence-electron chi connectivity index (χ3n) is 8.91. The highest BCUT2D eigenvalue weighted by Gasteiger charge is 2.47. The number of halogens is 1. The van der Waals surface area contributed by atoms with Gasteiger partial charge in [-0.15, -0.1) is 0 Å². The number of fused-ring (bicyclic) bond motifs is 1. The van der Waals surface area contributed by atoms with Crippen LogP contribution in [0.5, 0.6) is 0 Å². The Morgan fingerprint density at radius 1 is 1.22 bits per heavy atom. The number of carbonyl (C=O) groups excluding carboxylic acids is 1. The Balaban J connectivity index is 1.18. The number of hydrogen-bond donors (Lipinski definition) is 3. The molecule has 4 aromatic rings. The van der Waals surface area contributed by atoms with Crippen molar-refractivity contribution < 1.29 is 19.4 Å². The monoisotopic (exact) mass is 651 g/mol. The second kappa shape index (κ2) is 13.2. The van der Waals surface area contributed by atoms with Crippen LogP contribution in [-0.2, 0) is 16.1 Å². The van der Waals surface area contributed by atoms with E-state index in [2.05, 4.69) is 10.2 Å². The van der Waals surface area contributed by atoms with E-state index >= 15 is 0 Å². The number of nitrogens with two attached hydrogens (primary N) is 1. The lowest BCUT2D eigenvalue weighted by molar-refractivity contribution is 0.0937. The summed E-state index contributed by atoms with van der Waals surface area (Å²) < 4.78 is 12.7. The molecular weight excluding hydrogens is 614 g/mol. The molecule has 0 radical (unpaired) electrons. The van der Waals surface area contributed by atoms with Gasteiger partial charge in [-0.25, -0.2) is 15.0 Å². The van der Waals surface area contributed by atoms with Gasteiger partial charge in [0.2, 0.25) is 0 Å². The Hall–Kier alpha value is -3.26. The molecule has 11 nitrogen and oxygen atoms in total. The van der Waals surface area contributed by atoms with Crippen molar-refractivity contribution in [3.05, 3.63) is 64.7 Å². The summed E-state index contributed by atoms with van der Waals surface area (Å²) in [5.41, 5.74) is 10.6. The number of hydrogen-bond acceptors (Lipinski definition) is 10. The van der Waals surface area contributed by atoms with Crippen molar-refractivity contribution in [3.63, 3.8) is 0 Å². The van der Waals surface area contributed by atoms with E-state index in [1.54, 1.807) is 19.2 Å². The number of aryl methyl sites for hydroxylation is 1. The third kappa shape index (κ3) is 6.27. The molecule has 3 aromatic heterocycles. The van der Waals surface area contributed by atoms with Gasteiger partial charge in [-0.2, -0.15) is 0 Å². The van der Waals surface area contributed by atoms with Crippen LogP contribution in [0.15, 0.2) is 52.6 Å². The van der Waals surface area contributed by atoms with Crippen LogP contribution in [-0.4, -0.2) is 82.5 Å². The van der Waals surface area contributed by atoms with Gasteiger partial charge in [0.1, 0.15) is 10.7 Å². The maximum atomic E-state index is 12.3. The van der Waals surface area contributed by atoms with Crippen LogP contribution in [0.4, 0.5) is 5.82 Å². The fourth-order valence-corrected chi connectivity index (χ4v) is 7.29. The van der Waals surface area contributed by atoms with Gasteiger partial charge in [0, 0.05) is 66.6 Å². The van der Waals surface area contributed by atoms with Gasteiger partial charge in [0.05, 0.1) is 42.3 Å². The van der Waals surface area contributed by atoms with Crippen molar-refractivity contribution in [2.24, 2.45) is 11.1 Å². The number of rotatable bonds is 9. The molecule has 13 heteroatoms. The van der Waals surface area contributed by atoms with Crippen LogP contribution in [0.2, 0.25) is 5.02 Å². The van der Waals surface area contributed by atoms with E-state index in [-0.39, 0.29) is 30.1 Å². The SMILES string of the molecule is COCCNC(=O)c1ccc(-c2cn3ccc(Sc4nc(CO)c(N5CCC6(CC5)CO[C@@H](C)[C@H]6N)nc4C)c(Cl)c3n2)cc1. The number of nitrogens with one attached hydrogen (secondary N) is 1. The van der Waals surface area contributed by atoms with Gasteiger partial charge in [-0.3, -0.25) is 4.79 Å². The minimum absolute atomic E-state index is 0.000280. The second-order valence-electron chi connectivity index (χ2n) is 11.7. The van der Waals surface area contributed by atoms with Crippen molar-refractivity contribution in [2.45, 2.75) is 55.4 Å². The summed E-state index contributed by atoms with van der Waals surface area (Å²) >= 11 is 8.29. The summed E-state index contributed by atoms with van der Waals surface area (Å²) in [6, 6.07) is 9.23. The van der Waals surface area contributed by atoms with Crippen LogP contribution < -0.4 is 16.0 Å². The summed E-state index contributed by atoms with van der Waals surface area (Å²) in [5, 5.41) is 14.3. The Kier molecular flexibility index (Phi) is 9.32. The predicted molar refractivity (Wildman–Crippen MR) is 174 cm³/mol. The standard InChI is InChI=1S/C32H38ClN7O4S/c1-19-31(38-24(17-41)28(36-19)39-13-9-32(10-14-39)18-44-20(2)27(32)34)45-25-8-12-40-16-23(37-29(40)26(25)33)21-4-6-22(7-5-21)30(42)35-11-15-43-3/h4-8,12,16,20,27,41H,9-11,13-15,17-18,34H2,1-3H3,(H,35,42)/t20-,27+/m0/s1. The lowest BCUT2D eigenvalue weighted by Crippen LogP contribution is -2.51. The number of carbonyl (C=O) groups is 1. The van der Waals surface area contributed by atoms with Gasteiger partial charge in [0.25, 0.3) is 5.91 Å². The molecule has 2 atom stereocenters. The van der Waals surface area contributed by atoms with E-state index < -0.39 is 0 Å². The van der Waals surface area contributed by atoms with Crippen LogP contribution in [0, 0.1) is 12.3 Å². The van der Waals surface area contributed by atoms with Crippen LogP contribution in [0.1, 0.15) is 41.5 Å². The average molecular weight is 652 g/mol. The Morgan fingerprint density at radius 3 is 2.64 bits per heavy atom. The molecule has 0 saturated carbocycles. The van der Waals surface area contributed by atoms with Crippen LogP contribution in [0.25, 0.3) is 16.9 Å². The molecule has 45 heavy (non-hydrogen) atoms. The maximum Gasteiger partial charge on any atom is 0.251 e. The van der Waals surface area contributed by atoms with Gasteiger partial charge in [-0.05, 0) is 44.9 Å². The van der Waals surface area contributed by atoms with Gasteiger partial charge >= 0.3 is 0 Å². The van der Waals surface area contributed by atoms with E-state index in [1.165, 1.54) is 11.8 Å². The van der Waals surface area contributed by atoms with Crippen molar-refractivity contribution in [1.29, 1.82) is 0 Å². The molecule has 2 saturated heterocycles. The first kappa shape index (κ1) is 31.7. The van der Waals surface area contributed by atoms with Crippen molar-refractivity contribution >= 4 is 40.7 Å². The van der Waals surface area contributed by atoms with Gasteiger partial charge < -0.3 is 34.9 Å². The average Bonchev–Trinajstić information content (AvgIpc) is 3.61. The van der Waals surface area contributed by atoms with Crippen LogP contribution in [0.3, 0.4) is 0 Å². The Morgan fingerprint density at radius 2 is 1.98 bits per heavy atom. The number of anilines is 1. The van der Waals surface area contributed by atoms with E-state index in [1.807, 2.05) is 48.8 Å². The summed E-state index contributed by atoms with van der Waals surface area (Å²) in [6.45, 7) is 6.92. The van der Waals surface area contributed by atoms with Crippen molar-refractivity contribution in [2.75, 3.05) is 44.9 Å². The number of imidazole rings is 1. The molecule has 2 aliphatic rings. The molecule has 4 N–H and O–H groups in total. The molecule has 5 heterocycles. The first-order valence-corrected chi connectivity index (χ1v) is 16.3. The number of benzene rings is 1. The van der Waals surface area contributed by atoms with E-state index in [9.17, 15) is 9.90 Å². The number of nitrogens with zero attached hydrogens (tertiary/aromatic N) is 5. The number of pyridine rings is 1. The van der Waals surface area contributed by atoms with Crippen molar-refractivity contribution in [1.82, 2.24) is 24.7 Å². The van der Waals surface area contributed by atoms with Crippen molar-refractivity contribution in [3.8, 4) is 11.3 Å². The van der Waals surface area contributed by atoms with E-state index in [0.717, 1.165) is 47.8 Å². The number of aromatic nitrogens is 4. The number of methoxy groups -OCH3 is 1. The van der Waals surface area contributed by atoms with Gasteiger partial charge in [-0.1, -0.05) is 35.5 Å². The predicted octanol–water partition coefficient (Wildman–Crippen LogP) is 4.11. The molecular formula is C32H38ClN7O4S. The quantitative estimate of drug-likeness (QED) is 0.227. The van der Waals surface area contributed by atoms with Gasteiger partial charge in [0.15, 0.2) is 11.5 Å². The smallest absolute Gasteiger partial charge is 0.251 e. The molecule has 1 spiro atoms. The lowest BCUT2D eigenvalue weighted by Gasteiger charge is -2.42. The highest BCUT2D eigenvalue weighted by Crippen LogP contribution is 2.43. The fraction of sp³-hybridized carbons (Fsp3) is 0.438. The lowest BCUT2D eigenvalue weighted by atomic mass is 9.73. The van der Waals surface area contributed by atoms with E-state index in [4.69, 9.17) is 41.8 Å². The second-order valence-corrected chi connectivity index (χ2v) is 13.1. The zero-order valence-corrected chi connectivity index (χ0v) is 27.2. The Labute approximate surface area is 271 Å². The van der Waals surface area contributed by atoms with Crippen LogP contribution >= 0.6 is 23.4 Å². The summed E-state index contributed by atoms with van der Waals surface area (Å²) in [5.74, 6) is 0.560. The summed E-state index contributed by atoms with van der Waals surface area (Å²) in [4.78, 5) is 29.8. The molecule has 0 unspecified atom stereocenters. The molecule has 0 bridgehead atoms. The number of ether oxygens (including phenoxy) is 2. The fourth-order valence-electron chi connectivity index (χ4n) is 6.10. The third-order valence-corrected chi connectivity index (χ3v) is 10.5. The topological polar surface area (TPSA) is 140 Å².